The second-order valence-corrected chi connectivity index (χ2v) is 7.84. The van der Waals surface area contributed by atoms with Crippen molar-refractivity contribution in [3.63, 3.8) is 0 Å². The van der Waals surface area contributed by atoms with Crippen LogP contribution in [-0.4, -0.2) is 43.7 Å². The van der Waals surface area contributed by atoms with Gasteiger partial charge in [0.15, 0.2) is 5.96 Å². The van der Waals surface area contributed by atoms with E-state index in [1.54, 1.807) is 0 Å². The minimum atomic E-state index is -0.205. The molecule has 1 aliphatic rings. The van der Waals surface area contributed by atoms with Gasteiger partial charge in [-0.15, -0.1) is 0 Å². The molecule has 3 aromatic rings. The molecule has 0 saturated carbocycles. The zero-order valence-corrected chi connectivity index (χ0v) is 18.1. The number of piperazine rings is 1. The zero-order chi connectivity index (χ0) is 22.2. The molecule has 1 saturated heterocycles. The van der Waals surface area contributed by atoms with Gasteiger partial charge in [0.05, 0.1) is 6.54 Å². The highest BCUT2D eigenvalue weighted by Gasteiger charge is 2.18. The number of anilines is 2. The summed E-state index contributed by atoms with van der Waals surface area (Å²) >= 11 is 0. The Bertz CT molecular complexity index is 1010. The molecule has 0 bridgehead atoms. The monoisotopic (exact) mass is 432 g/mol. The first-order valence-corrected chi connectivity index (χ1v) is 11.0. The number of hydrogen-bond donors (Lipinski definition) is 2. The minimum Gasteiger partial charge on any atom is -0.370 e. The summed E-state index contributed by atoms with van der Waals surface area (Å²) in [4.78, 5) is 13.6. The van der Waals surface area contributed by atoms with E-state index in [4.69, 9.17) is 5.73 Å². The maximum absolute atomic E-state index is 13.2. The molecule has 2 aromatic carbocycles. The van der Waals surface area contributed by atoms with E-state index >= 15 is 0 Å². The van der Waals surface area contributed by atoms with Gasteiger partial charge in [0.25, 0.3) is 0 Å². The summed E-state index contributed by atoms with van der Waals surface area (Å²) in [5, 5.41) is 3.18. The molecule has 0 radical (unpaired) electrons. The van der Waals surface area contributed by atoms with E-state index in [0.717, 1.165) is 56.2 Å². The van der Waals surface area contributed by atoms with Crippen molar-refractivity contribution in [3.05, 3.63) is 89.9 Å². The predicted molar refractivity (Wildman–Crippen MR) is 129 cm³/mol. The third-order valence-corrected chi connectivity index (χ3v) is 5.60. The van der Waals surface area contributed by atoms with E-state index in [-0.39, 0.29) is 5.82 Å². The Kier molecular flexibility index (Phi) is 7.17. The number of halogens is 1. The van der Waals surface area contributed by atoms with Crippen LogP contribution in [0.25, 0.3) is 0 Å². The van der Waals surface area contributed by atoms with Crippen LogP contribution in [-0.2, 0) is 13.0 Å². The van der Waals surface area contributed by atoms with Gasteiger partial charge in [-0.05, 0) is 53.9 Å². The topological polar surface area (TPSA) is 69.8 Å². The van der Waals surface area contributed by atoms with Crippen molar-refractivity contribution in [2.75, 3.05) is 42.5 Å². The molecule has 0 aliphatic carbocycles. The molecule has 6 nitrogen and oxygen atoms in total. The van der Waals surface area contributed by atoms with Crippen LogP contribution in [0.4, 0.5) is 15.9 Å². The van der Waals surface area contributed by atoms with Crippen LogP contribution in [0.5, 0.6) is 0 Å². The Morgan fingerprint density at radius 1 is 0.938 bits per heavy atom. The van der Waals surface area contributed by atoms with Crippen molar-refractivity contribution < 1.29 is 4.39 Å². The quantitative estimate of drug-likeness (QED) is 0.443. The SMILES string of the molecule is NC(=NCc1ccnc(N2CCN(c3ccc(F)cc3)CC2)c1)NCCc1ccccc1. The summed E-state index contributed by atoms with van der Waals surface area (Å²) < 4.78 is 13.2. The van der Waals surface area contributed by atoms with E-state index in [2.05, 4.69) is 43.3 Å². The van der Waals surface area contributed by atoms with Gasteiger partial charge in [-0.25, -0.2) is 14.4 Å². The van der Waals surface area contributed by atoms with Crippen LogP contribution in [0.3, 0.4) is 0 Å². The number of aliphatic imine (C=N–C) groups is 1. The Hall–Kier alpha value is -3.61. The van der Waals surface area contributed by atoms with Crippen molar-refractivity contribution in [3.8, 4) is 0 Å². The minimum absolute atomic E-state index is 0.205. The van der Waals surface area contributed by atoms with Crippen molar-refractivity contribution in [1.29, 1.82) is 0 Å². The lowest BCUT2D eigenvalue weighted by molar-refractivity contribution is 0.624. The Morgan fingerprint density at radius 2 is 1.66 bits per heavy atom. The van der Waals surface area contributed by atoms with Gasteiger partial charge in [0.1, 0.15) is 11.6 Å². The fourth-order valence-electron chi connectivity index (χ4n) is 3.79. The average molecular weight is 433 g/mol. The Morgan fingerprint density at radius 3 is 2.41 bits per heavy atom. The standard InChI is InChI=1S/C25H29FN6/c26-22-6-8-23(9-7-22)31-14-16-32(17-15-31)24-18-21(11-12-28-24)19-30-25(27)29-13-10-20-4-2-1-3-5-20/h1-9,11-12,18H,10,13-17,19H2,(H3,27,29,30). The number of aromatic nitrogens is 1. The smallest absolute Gasteiger partial charge is 0.188 e. The molecule has 32 heavy (non-hydrogen) atoms. The van der Waals surface area contributed by atoms with Gasteiger partial charge in [0, 0.05) is 44.6 Å². The largest absolute Gasteiger partial charge is 0.370 e. The van der Waals surface area contributed by atoms with Crippen LogP contribution in [0, 0.1) is 5.82 Å². The first-order valence-electron chi connectivity index (χ1n) is 11.0. The molecule has 2 heterocycles. The van der Waals surface area contributed by atoms with E-state index in [0.29, 0.717) is 12.5 Å². The first kappa shape index (κ1) is 21.6. The third kappa shape index (κ3) is 5.97. The lowest BCUT2D eigenvalue weighted by Crippen LogP contribution is -2.46. The molecular formula is C25H29FN6. The van der Waals surface area contributed by atoms with Gasteiger partial charge < -0.3 is 20.9 Å². The van der Waals surface area contributed by atoms with E-state index in [9.17, 15) is 4.39 Å². The summed E-state index contributed by atoms with van der Waals surface area (Å²) in [5.41, 5.74) is 9.43. The molecule has 166 valence electrons. The van der Waals surface area contributed by atoms with E-state index in [1.807, 2.05) is 42.6 Å². The number of nitrogens with one attached hydrogen (secondary N) is 1. The summed E-state index contributed by atoms with van der Waals surface area (Å²) in [6.45, 7) is 4.72. The normalized spacial score (nSPS) is 14.5. The first-order chi connectivity index (χ1) is 15.7. The summed E-state index contributed by atoms with van der Waals surface area (Å²) in [6, 6.07) is 21.0. The Balaban J connectivity index is 1.27. The number of guanidine groups is 1. The molecular weight excluding hydrogens is 403 g/mol. The number of hydrogen-bond acceptors (Lipinski definition) is 4. The molecule has 7 heteroatoms. The average Bonchev–Trinajstić information content (AvgIpc) is 2.84. The van der Waals surface area contributed by atoms with E-state index in [1.165, 1.54) is 17.7 Å². The molecule has 4 rings (SSSR count). The van der Waals surface area contributed by atoms with Gasteiger partial charge in [-0.3, -0.25) is 0 Å². The molecule has 1 fully saturated rings. The number of benzene rings is 2. The predicted octanol–water partition coefficient (Wildman–Crippen LogP) is 3.19. The second-order valence-electron chi connectivity index (χ2n) is 7.84. The highest BCUT2D eigenvalue weighted by molar-refractivity contribution is 5.77. The van der Waals surface area contributed by atoms with Crippen LogP contribution in [0.2, 0.25) is 0 Å². The van der Waals surface area contributed by atoms with Gasteiger partial charge in [-0.2, -0.15) is 0 Å². The van der Waals surface area contributed by atoms with Crippen LogP contribution in [0.1, 0.15) is 11.1 Å². The van der Waals surface area contributed by atoms with Crippen molar-refractivity contribution in [2.45, 2.75) is 13.0 Å². The number of nitrogens with zero attached hydrogens (tertiary/aromatic N) is 4. The summed E-state index contributed by atoms with van der Waals surface area (Å²) in [7, 11) is 0. The lowest BCUT2D eigenvalue weighted by atomic mass is 10.1. The Labute approximate surface area is 188 Å². The fourth-order valence-corrected chi connectivity index (χ4v) is 3.79. The van der Waals surface area contributed by atoms with Gasteiger partial charge in [-0.1, -0.05) is 30.3 Å². The van der Waals surface area contributed by atoms with Crippen LogP contribution in [0.15, 0.2) is 77.9 Å². The van der Waals surface area contributed by atoms with E-state index < -0.39 is 0 Å². The second kappa shape index (κ2) is 10.6. The lowest BCUT2D eigenvalue weighted by Gasteiger charge is -2.36. The van der Waals surface area contributed by atoms with Crippen molar-refractivity contribution in [1.82, 2.24) is 10.3 Å². The van der Waals surface area contributed by atoms with Crippen LogP contribution >= 0.6 is 0 Å². The van der Waals surface area contributed by atoms with Gasteiger partial charge in [0.2, 0.25) is 0 Å². The molecule has 0 unspecified atom stereocenters. The number of pyridine rings is 1. The molecule has 1 aromatic heterocycles. The summed E-state index contributed by atoms with van der Waals surface area (Å²) in [6.07, 6.45) is 2.73. The molecule has 0 amide bonds. The highest BCUT2D eigenvalue weighted by atomic mass is 19.1. The maximum Gasteiger partial charge on any atom is 0.188 e. The van der Waals surface area contributed by atoms with Gasteiger partial charge >= 0.3 is 0 Å². The molecule has 0 spiro atoms. The maximum atomic E-state index is 13.2. The molecule has 1 aliphatic heterocycles. The molecule has 3 N–H and O–H groups in total. The van der Waals surface area contributed by atoms with Crippen molar-refractivity contribution in [2.24, 2.45) is 10.7 Å². The highest BCUT2D eigenvalue weighted by Crippen LogP contribution is 2.20. The number of nitrogens with two attached hydrogens (primary N) is 1. The number of rotatable bonds is 7. The van der Waals surface area contributed by atoms with Crippen molar-refractivity contribution >= 4 is 17.5 Å². The zero-order valence-electron chi connectivity index (χ0n) is 18.1. The summed E-state index contributed by atoms with van der Waals surface area (Å²) in [5.74, 6) is 1.20. The molecule has 0 atom stereocenters. The fraction of sp³-hybridized carbons (Fsp3) is 0.280. The van der Waals surface area contributed by atoms with Crippen LogP contribution < -0.4 is 20.9 Å². The third-order valence-electron chi connectivity index (χ3n) is 5.60.